The van der Waals surface area contributed by atoms with Crippen molar-refractivity contribution in [3.8, 4) is 5.75 Å². The van der Waals surface area contributed by atoms with E-state index in [-0.39, 0.29) is 12.6 Å². The van der Waals surface area contributed by atoms with Crippen LogP contribution in [0.3, 0.4) is 0 Å². The van der Waals surface area contributed by atoms with Crippen LogP contribution >= 0.6 is 11.3 Å². The van der Waals surface area contributed by atoms with Crippen LogP contribution in [0.5, 0.6) is 5.75 Å². The quantitative estimate of drug-likeness (QED) is 0.463. The maximum absolute atomic E-state index is 12.3. The summed E-state index contributed by atoms with van der Waals surface area (Å²) in [5, 5.41) is 4.10. The number of hydrogen-bond acceptors (Lipinski definition) is 8. The number of rotatable bonds is 8. The smallest absolute Gasteiger partial charge is 0.348 e. The van der Waals surface area contributed by atoms with E-state index in [9.17, 15) is 4.79 Å². The highest BCUT2D eigenvalue weighted by Crippen LogP contribution is 2.35. The predicted octanol–water partition coefficient (Wildman–Crippen LogP) is 3.95. The van der Waals surface area contributed by atoms with Crippen molar-refractivity contribution < 1.29 is 19.0 Å². The number of carbonyl (C=O) groups is 1. The molecule has 3 rings (SSSR count). The van der Waals surface area contributed by atoms with Gasteiger partial charge >= 0.3 is 5.97 Å². The maximum atomic E-state index is 12.3. The van der Waals surface area contributed by atoms with E-state index in [0.29, 0.717) is 23.9 Å². The molecule has 27 heavy (non-hydrogen) atoms. The first kappa shape index (κ1) is 19.1. The molecule has 0 saturated carbocycles. The van der Waals surface area contributed by atoms with Gasteiger partial charge in [-0.2, -0.15) is 0 Å². The van der Waals surface area contributed by atoms with Crippen molar-refractivity contribution in [3.05, 3.63) is 41.0 Å². The van der Waals surface area contributed by atoms with E-state index in [0.717, 1.165) is 27.2 Å². The van der Waals surface area contributed by atoms with Gasteiger partial charge in [0.05, 0.1) is 18.6 Å². The van der Waals surface area contributed by atoms with Crippen LogP contribution in [0.2, 0.25) is 0 Å². The van der Waals surface area contributed by atoms with Crippen LogP contribution in [-0.2, 0) is 9.47 Å². The Balaban J connectivity index is 1.87. The van der Waals surface area contributed by atoms with Crippen molar-refractivity contribution in [1.82, 2.24) is 9.97 Å². The SMILES string of the molecule is CCOc1ccc(Nc2ncnc3sc(C(=O)OCCOC)c(C)c23)cc1. The fourth-order valence-electron chi connectivity index (χ4n) is 2.58. The number of carbonyl (C=O) groups excluding carboxylic acids is 1. The number of nitrogens with zero attached hydrogens (tertiary/aromatic N) is 2. The largest absolute Gasteiger partial charge is 0.494 e. The third-order valence-electron chi connectivity index (χ3n) is 3.86. The first-order valence-corrected chi connectivity index (χ1v) is 9.35. The normalized spacial score (nSPS) is 10.8. The van der Waals surface area contributed by atoms with E-state index in [2.05, 4.69) is 15.3 Å². The van der Waals surface area contributed by atoms with Crippen LogP contribution in [0.25, 0.3) is 10.2 Å². The molecule has 1 N–H and O–H groups in total. The summed E-state index contributed by atoms with van der Waals surface area (Å²) < 4.78 is 15.6. The average Bonchev–Trinajstić information content (AvgIpc) is 3.01. The van der Waals surface area contributed by atoms with Crippen LogP contribution in [0.1, 0.15) is 22.2 Å². The molecule has 7 nitrogen and oxygen atoms in total. The molecule has 2 aromatic heterocycles. The standard InChI is InChI=1S/C19H21N3O4S/c1-4-25-14-7-5-13(6-8-14)22-17-15-12(2)16(19(23)26-10-9-24-3)27-18(15)21-11-20-17/h5-8,11H,4,9-10H2,1-3H3,(H,20,21,22). The van der Waals surface area contributed by atoms with Gasteiger partial charge < -0.3 is 19.5 Å². The fraction of sp³-hybridized carbons (Fsp3) is 0.316. The number of fused-ring (bicyclic) bond motifs is 1. The van der Waals surface area contributed by atoms with Crippen molar-refractivity contribution in [2.75, 3.05) is 32.2 Å². The van der Waals surface area contributed by atoms with E-state index >= 15 is 0 Å². The van der Waals surface area contributed by atoms with Crippen LogP contribution in [0.4, 0.5) is 11.5 Å². The molecule has 0 radical (unpaired) electrons. The van der Waals surface area contributed by atoms with E-state index in [1.54, 1.807) is 7.11 Å². The second kappa shape index (κ2) is 8.79. The molecule has 142 valence electrons. The van der Waals surface area contributed by atoms with Crippen LogP contribution in [0, 0.1) is 6.92 Å². The highest BCUT2D eigenvalue weighted by molar-refractivity contribution is 7.20. The first-order chi connectivity index (χ1) is 13.1. The summed E-state index contributed by atoms with van der Waals surface area (Å²) in [5.41, 5.74) is 1.67. The zero-order chi connectivity index (χ0) is 19.2. The summed E-state index contributed by atoms with van der Waals surface area (Å²) in [6, 6.07) is 7.62. The second-order valence-corrected chi connectivity index (χ2v) is 6.67. The van der Waals surface area contributed by atoms with Gasteiger partial charge in [0, 0.05) is 12.8 Å². The van der Waals surface area contributed by atoms with Crippen molar-refractivity contribution in [1.29, 1.82) is 0 Å². The lowest BCUT2D eigenvalue weighted by molar-refractivity contribution is 0.0393. The molecule has 0 amide bonds. The number of ether oxygens (including phenoxy) is 3. The van der Waals surface area contributed by atoms with Gasteiger partial charge in [-0.05, 0) is 43.7 Å². The Bertz CT molecular complexity index is 925. The number of aromatic nitrogens is 2. The highest BCUT2D eigenvalue weighted by atomic mass is 32.1. The molecule has 0 atom stereocenters. The summed E-state index contributed by atoms with van der Waals surface area (Å²) in [4.78, 5) is 22.2. The van der Waals surface area contributed by atoms with Crippen molar-refractivity contribution >= 4 is 39.0 Å². The molecule has 3 aromatic rings. The number of methoxy groups -OCH3 is 1. The molecule has 8 heteroatoms. The number of thiophene rings is 1. The summed E-state index contributed by atoms with van der Waals surface area (Å²) in [7, 11) is 1.56. The van der Waals surface area contributed by atoms with E-state index < -0.39 is 0 Å². The van der Waals surface area contributed by atoms with E-state index in [1.165, 1.54) is 17.7 Å². The molecule has 0 spiro atoms. The molecule has 2 heterocycles. The van der Waals surface area contributed by atoms with E-state index in [1.807, 2.05) is 38.1 Å². The molecule has 0 aliphatic heterocycles. The summed E-state index contributed by atoms with van der Waals surface area (Å²) in [5.74, 6) is 1.08. The van der Waals surface area contributed by atoms with Gasteiger partial charge in [-0.1, -0.05) is 0 Å². The zero-order valence-corrected chi connectivity index (χ0v) is 16.3. The molecule has 0 bridgehead atoms. The lowest BCUT2D eigenvalue weighted by Crippen LogP contribution is -2.09. The third kappa shape index (κ3) is 4.35. The van der Waals surface area contributed by atoms with Crippen molar-refractivity contribution in [2.24, 2.45) is 0 Å². The second-order valence-electron chi connectivity index (χ2n) is 5.67. The molecular weight excluding hydrogens is 366 g/mol. The lowest BCUT2D eigenvalue weighted by atomic mass is 10.2. The fourth-order valence-corrected chi connectivity index (χ4v) is 3.62. The lowest BCUT2D eigenvalue weighted by Gasteiger charge is -2.09. The van der Waals surface area contributed by atoms with Crippen molar-refractivity contribution in [2.45, 2.75) is 13.8 Å². The maximum Gasteiger partial charge on any atom is 0.348 e. The number of benzene rings is 1. The Morgan fingerprint density at radius 1 is 1.19 bits per heavy atom. The Morgan fingerprint density at radius 3 is 2.67 bits per heavy atom. The Kier molecular flexibility index (Phi) is 6.20. The number of esters is 1. The van der Waals surface area contributed by atoms with Crippen LogP contribution in [0.15, 0.2) is 30.6 Å². The average molecular weight is 387 g/mol. The van der Waals surface area contributed by atoms with Gasteiger partial charge in [-0.25, -0.2) is 14.8 Å². The molecular formula is C19H21N3O4S. The summed E-state index contributed by atoms with van der Waals surface area (Å²) in [6.07, 6.45) is 1.48. The van der Waals surface area contributed by atoms with Gasteiger partial charge in [0.1, 0.15) is 34.2 Å². The van der Waals surface area contributed by atoms with Gasteiger partial charge in [-0.3, -0.25) is 0 Å². The van der Waals surface area contributed by atoms with Crippen molar-refractivity contribution in [3.63, 3.8) is 0 Å². The zero-order valence-electron chi connectivity index (χ0n) is 15.4. The Labute approximate surface area is 161 Å². The molecule has 0 fully saturated rings. The number of hydrogen-bond donors (Lipinski definition) is 1. The van der Waals surface area contributed by atoms with Gasteiger partial charge in [0.2, 0.25) is 0 Å². The van der Waals surface area contributed by atoms with Gasteiger partial charge in [0.15, 0.2) is 0 Å². The molecule has 0 aliphatic carbocycles. The minimum atomic E-state index is -0.375. The number of nitrogens with one attached hydrogen (secondary N) is 1. The Hall–Kier alpha value is -2.71. The monoisotopic (exact) mass is 387 g/mol. The molecule has 0 saturated heterocycles. The van der Waals surface area contributed by atoms with Crippen LogP contribution < -0.4 is 10.1 Å². The first-order valence-electron chi connectivity index (χ1n) is 8.54. The predicted molar refractivity (Wildman–Crippen MR) is 105 cm³/mol. The summed E-state index contributed by atoms with van der Waals surface area (Å²) in [6.45, 7) is 5.02. The van der Waals surface area contributed by atoms with Gasteiger partial charge in [0.25, 0.3) is 0 Å². The van der Waals surface area contributed by atoms with E-state index in [4.69, 9.17) is 14.2 Å². The third-order valence-corrected chi connectivity index (χ3v) is 5.04. The summed E-state index contributed by atoms with van der Waals surface area (Å²) >= 11 is 1.30. The molecule has 1 aromatic carbocycles. The molecule has 0 aliphatic rings. The molecule has 0 unspecified atom stereocenters. The Morgan fingerprint density at radius 2 is 1.96 bits per heavy atom. The van der Waals surface area contributed by atoms with Crippen LogP contribution in [-0.4, -0.2) is 42.9 Å². The van der Waals surface area contributed by atoms with Gasteiger partial charge in [-0.15, -0.1) is 11.3 Å². The topological polar surface area (TPSA) is 82.6 Å². The minimum Gasteiger partial charge on any atom is -0.494 e. The highest BCUT2D eigenvalue weighted by Gasteiger charge is 2.20. The number of anilines is 2. The number of aryl methyl sites for hydroxylation is 1. The minimum absolute atomic E-state index is 0.214.